The molecule has 0 bridgehead atoms. The molecule has 1 amide bonds. The Hall–Kier alpha value is -2.79. The molecule has 1 aromatic heterocycles. The van der Waals surface area contributed by atoms with Gasteiger partial charge >= 0.3 is 0 Å². The van der Waals surface area contributed by atoms with Crippen LogP contribution in [0.4, 0.5) is 0 Å². The lowest BCUT2D eigenvalue weighted by Gasteiger charge is -2.18. The van der Waals surface area contributed by atoms with E-state index >= 15 is 0 Å². The average molecular weight is 541 g/mol. The normalized spacial score (nSPS) is 15.6. The number of amides is 1. The molecule has 0 atom stereocenters. The Bertz CT molecular complexity index is 1430. The van der Waals surface area contributed by atoms with Gasteiger partial charge in [-0.3, -0.25) is 9.69 Å². The maximum absolute atomic E-state index is 13.2. The maximum atomic E-state index is 13.2. The van der Waals surface area contributed by atoms with Crippen LogP contribution in [0.3, 0.4) is 0 Å². The fourth-order valence-electron chi connectivity index (χ4n) is 4.01. The highest BCUT2D eigenvalue weighted by Crippen LogP contribution is 2.36. The van der Waals surface area contributed by atoms with Crippen LogP contribution in [0.1, 0.15) is 33.3 Å². The predicted molar refractivity (Wildman–Crippen MR) is 149 cm³/mol. The van der Waals surface area contributed by atoms with Gasteiger partial charge in [-0.05, 0) is 44.2 Å². The molecule has 0 spiro atoms. The summed E-state index contributed by atoms with van der Waals surface area (Å²) in [4.78, 5) is 15.4. The van der Waals surface area contributed by atoms with E-state index in [1.807, 2.05) is 70.3 Å². The van der Waals surface area contributed by atoms with E-state index in [-0.39, 0.29) is 16.8 Å². The van der Waals surface area contributed by atoms with E-state index < -0.39 is 10.0 Å². The summed E-state index contributed by atoms with van der Waals surface area (Å²) < 4.78 is 30.0. The zero-order valence-electron chi connectivity index (χ0n) is 20.6. The van der Waals surface area contributed by atoms with Gasteiger partial charge < -0.3 is 0 Å². The Kier molecular flexibility index (Phi) is 7.79. The second-order valence-corrected chi connectivity index (χ2v) is 12.1. The monoisotopic (exact) mass is 540 g/mol. The smallest absolute Gasteiger partial charge is 0.266 e. The van der Waals surface area contributed by atoms with Crippen LogP contribution in [-0.2, 0) is 14.8 Å². The van der Waals surface area contributed by atoms with E-state index in [1.54, 1.807) is 33.9 Å². The number of carbonyl (C=O) groups is 1. The zero-order valence-corrected chi connectivity index (χ0v) is 23.0. The van der Waals surface area contributed by atoms with Gasteiger partial charge in [0.25, 0.3) is 5.91 Å². The number of benzene rings is 2. The highest BCUT2D eigenvalue weighted by molar-refractivity contribution is 8.26. The molecule has 0 saturated carbocycles. The molecule has 0 N–H and O–H groups in total. The largest absolute Gasteiger partial charge is 0.290 e. The third kappa shape index (κ3) is 5.04. The van der Waals surface area contributed by atoms with Crippen LogP contribution in [0.15, 0.2) is 70.6 Å². The van der Waals surface area contributed by atoms with Gasteiger partial charge in [0.2, 0.25) is 10.0 Å². The molecular formula is C26H28N4O3S3. The van der Waals surface area contributed by atoms with Crippen LogP contribution < -0.4 is 0 Å². The molecule has 0 aliphatic carbocycles. The summed E-state index contributed by atoms with van der Waals surface area (Å²) >= 11 is 6.70. The van der Waals surface area contributed by atoms with Crippen molar-refractivity contribution in [2.75, 3.05) is 13.1 Å². The molecule has 188 valence electrons. The first-order chi connectivity index (χ1) is 17.2. The summed E-state index contributed by atoms with van der Waals surface area (Å²) in [5.74, 6) is -0.142. The first kappa shape index (κ1) is 26.3. The van der Waals surface area contributed by atoms with Gasteiger partial charge in [-0.1, -0.05) is 68.2 Å². The number of carbonyl (C=O) groups excluding carboxylic acids is 1. The molecule has 0 radical (unpaired) electrons. The summed E-state index contributed by atoms with van der Waals surface area (Å²) in [6.45, 7) is 8.25. The Morgan fingerprint density at radius 3 is 2.39 bits per heavy atom. The van der Waals surface area contributed by atoms with Crippen LogP contribution in [0.2, 0.25) is 0 Å². The molecule has 1 aliphatic heterocycles. The van der Waals surface area contributed by atoms with E-state index in [0.29, 0.717) is 39.1 Å². The highest BCUT2D eigenvalue weighted by atomic mass is 32.2. The standard InChI is InChI=1S/C26H28N4O3S3/c1-5-28(6-2)36(32,33)22-14-10-11-19(15-22)24-20(17-29(27-24)21-12-8-7-9-13-21)16-23-25(31)30(18(3)4)26(34)35-23/h7-18H,5-6H2,1-4H3. The second kappa shape index (κ2) is 10.7. The molecule has 10 heteroatoms. The number of thiocarbonyl (C=S) groups is 1. The summed E-state index contributed by atoms with van der Waals surface area (Å²) in [5.41, 5.74) is 2.76. The molecule has 3 aromatic rings. The van der Waals surface area contributed by atoms with Crippen molar-refractivity contribution in [1.29, 1.82) is 0 Å². The van der Waals surface area contributed by atoms with Crippen molar-refractivity contribution >= 4 is 50.3 Å². The summed E-state index contributed by atoms with van der Waals surface area (Å²) in [6.07, 6.45) is 3.63. The Morgan fingerprint density at radius 1 is 1.08 bits per heavy atom. The fraction of sp³-hybridized carbons (Fsp3) is 0.269. The molecule has 0 unspecified atom stereocenters. The third-order valence-electron chi connectivity index (χ3n) is 5.84. The Balaban J connectivity index is 1.85. The summed E-state index contributed by atoms with van der Waals surface area (Å²) in [5, 5.41) is 4.80. The van der Waals surface area contributed by atoms with Gasteiger partial charge in [0.1, 0.15) is 10.0 Å². The Labute approximate surface area is 221 Å². The van der Waals surface area contributed by atoms with Crippen LogP contribution in [0.25, 0.3) is 23.0 Å². The predicted octanol–water partition coefficient (Wildman–Crippen LogP) is 5.18. The van der Waals surface area contributed by atoms with Crippen LogP contribution in [0.5, 0.6) is 0 Å². The van der Waals surface area contributed by atoms with E-state index in [1.165, 1.54) is 16.1 Å². The van der Waals surface area contributed by atoms with Crippen molar-refractivity contribution in [3.63, 3.8) is 0 Å². The number of nitrogens with zero attached hydrogens (tertiary/aromatic N) is 4. The number of para-hydroxylation sites is 1. The van der Waals surface area contributed by atoms with Crippen LogP contribution >= 0.6 is 24.0 Å². The van der Waals surface area contributed by atoms with Crippen molar-refractivity contribution in [1.82, 2.24) is 19.0 Å². The van der Waals surface area contributed by atoms with Crippen molar-refractivity contribution in [2.24, 2.45) is 0 Å². The van der Waals surface area contributed by atoms with E-state index in [4.69, 9.17) is 17.3 Å². The topological polar surface area (TPSA) is 75.5 Å². The lowest BCUT2D eigenvalue weighted by molar-refractivity contribution is -0.123. The van der Waals surface area contributed by atoms with Crippen molar-refractivity contribution in [3.05, 3.63) is 71.3 Å². The highest BCUT2D eigenvalue weighted by Gasteiger charge is 2.34. The zero-order chi connectivity index (χ0) is 26.0. The lowest BCUT2D eigenvalue weighted by Crippen LogP contribution is -2.34. The number of aromatic nitrogens is 2. The first-order valence-electron chi connectivity index (χ1n) is 11.7. The molecule has 4 rings (SSSR count). The van der Waals surface area contributed by atoms with Gasteiger partial charge in [-0.25, -0.2) is 13.1 Å². The molecule has 1 fully saturated rings. The van der Waals surface area contributed by atoms with E-state index in [2.05, 4.69) is 0 Å². The molecule has 36 heavy (non-hydrogen) atoms. The molecule has 7 nitrogen and oxygen atoms in total. The molecular weight excluding hydrogens is 513 g/mol. The summed E-state index contributed by atoms with van der Waals surface area (Å²) in [6, 6.07) is 16.4. The number of thioether (sulfide) groups is 1. The van der Waals surface area contributed by atoms with E-state index in [0.717, 1.165) is 5.69 Å². The van der Waals surface area contributed by atoms with Gasteiger partial charge in [-0.2, -0.15) is 9.40 Å². The van der Waals surface area contributed by atoms with Crippen molar-refractivity contribution < 1.29 is 13.2 Å². The number of hydrogen-bond acceptors (Lipinski definition) is 6. The van der Waals surface area contributed by atoms with Gasteiger partial charge in [-0.15, -0.1) is 0 Å². The number of rotatable bonds is 8. The maximum Gasteiger partial charge on any atom is 0.266 e. The fourth-order valence-corrected chi connectivity index (χ4v) is 7.03. The molecule has 2 heterocycles. The van der Waals surface area contributed by atoms with Gasteiger partial charge in [0.15, 0.2) is 0 Å². The van der Waals surface area contributed by atoms with Crippen molar-refractivity contribution in [3.8, 4) is 16.9 Å². The summed E-state index contributed by atoms with van der Waals surface area (Å²) in [7, 11) is -3.64. The lowest BCUT2D eigenvalue weighted by atomic mass is 10.1. The minimum absolute atomic E-state index is 0.0446. The first-order valence-corrected chi connectivity index (χ1v) is 14.4. The van der Waals surface area contributed by atoms with Crippen molar-refractivity contribution in [2.45, 2.75) is 38.6 Å². The second-order valence-electron chi connectivity index (χ2n) is 8.48. The van der Waals surface area contributed by atoms with Gasteiger partial charge in [0.05, 0.1) is 15.5 Å². The average Bonchev–Trinajstić information content (AvgIpc) is 3.40. The number of hydrogen-bond donors (Lipinski definition) is 0. The van der Waals surface area contributed by atoms with E-state index in [9.17, 15) is 13.2 Å². The van der Waals surface area contributed by atoms with Crippen LogP contribution in [0, 0.1) is 0 Å². The Morgan fingerprint density at radius 2 is 1.78 bits per heavy atom. The molecule has 1 aliphatic rings. The molecule has 1 saturated heterocycles. The minimum Gasteiger partial charge on any atom is -0.290 e. The third-order valence-corrected chi connectivity index (χ3v) is 9.22. The van der Waals surface area contributed by atoms with Gasteiger partial charge in [0, 0.05) is 36.5 Å². The van der Waals surface area contributed by atoms with Crippen LogP contribution in [-0.4, -0.2) is 56.8 Å². The quantitative estimate of drug-likeness (QED) is 0.290. The minimum atomic E-state index is -3.64. The molecule has 2 aromatic carbocycles. The number of sulfonamides is 1. The SMILES string of the molecule is CCN(CC)S(=O)(=O)c1cccc(-c2nn(-c3ccccc3)cc2C=C2SC(=S)N(C(C)C)C2=O)c1.